The first-order valence-corrected chi connectivity index (χ1v) is 12.6. The second kappa shape index (κ2) is 10.5. The molecule has 1 aromatic carbocycles. The lowest BCUT2D eigenvalue weighted by molar-refractivity contribution is -0.150. The first-order chi connectivity index (χ1) is 16.4. The summed E-state index contributed by atoms with van der Waals surface area (Å²) in [5.74, 6) is -2.07. The zero-order chi connectivity index (χ0) is 24.2. The van der Waals surface area contributed by atoms with Gasteiger partial charge in [0.2, 0.25) is 0 Å². The van der Waals surface area contributed by atoms with Crippen LogP contribution in [0.3, 0.4) is 0 Å². The van der Waals surface area contributed by atoms with E-state index in [2.05, 4.69) is 5.10 Å². The average Bonchev–Trinajstić information content (AvgIpc) is 3.54. The van der Waals surface area contributed by atoms with Crippen LogP contribution in [0.25, 0.3) is 0 Å². The zero-order valence-corrected chi connectivity index (χ0v) is 20.6. The highest BCUT2D eigenvalue weighted by molar-refractivity contribution is 8.26. The molecule has 3 heterocycles. The van der Waals surface area contributed by atoms with E-state index in [1.807, 2.05) is 47.8 Å². The molecule has 1 aromatic heterocycles. The van der Waals surface area contributed by atoms with E-state index in [1.54, 1.807) is 6.92 Å². The van der Waals surface area contributed by atoms with E-state index >= 15 is 0 Å². The number of amides is 1. The molecule has 1 amide bonds. The largest absolute Gasteiger partial charge is 0.480 e. The predicted molar refractivity (Wildman–Crippen MR) is 134 cm³/mol. The molecule has 8 nitrogen and oxygen atoms in total. The van der Waals surface area contributed by atoms with Crippen LogP contribution in [0.4, 0.5) is 0 Å². The molecule has 0 unspecified atom stereocenters. The monoisotopic (exact) mass is 515 g/mol. The molecule has 0 bridgehead atoms. The second-order valence-corrected chi connectivity index (χ2v) is 10.1. The molecule has 11 heteroatoms. The van der Waals surface area contributed by atoms with E-state index < -0.39 is 29.9 Å². The Balaban J connectivity index is 1.62. The quantitative estimate of drug-likeness (QED) is 0.324. The van der Waals surface area contributed by atoms with Crippen molar-refractivity contribution in [2.45, 2.75) is 31.8 Å². The molecule has 2 aliphatic heterocycles. The van der Waals surface area contributed by atoms with Crippen LogP contribution in [-0.2, 0) is 25.5 Å². The summed E-state index contributed by atoms with van der Waals surface area (Å²) in [5.41, 5.74) is 1.50. The van der Waals surface area contributed by atoms with E-state index in [0.29, 0.717) is 5.71 Å². The summed E-state index contributed by atoms with van der Waals surface area (Å²) in [7, 11) is 0. The van der Waals surface area contributed by atoms with E-state index in [9.17, 15) is 19.5 Å². The fourth-order valence-electron chi connectivity index (χ4n) is 3.65. The Morgan fingerprint density at radius 3 is 2.71 bits per heavy atom. The Morgan fingerprint density at radius 1 is 1.29 bits per heavy atom. The van der Waals surface area contributed by atoms with Gasteiger partial charge in [0.1, 0.15) is 10.4 Å². The summed E-state index contributed by atoms with van der Waals surface area (Å²) in [6.07, 6.45) is 1.86. The van der Waals surface area contributed by atoms with Gasteiger partial charge < -0.3 is 9.84 Å². The summed E-state index contributed by atoms with van der Waals surface area (Å²) in [4.78, 5) is 40.3. The molecule has 1 saturated heterocycles. The first kappa shape index (κ1) is 24.1. The van der Waals surface area contributed by atoms with Crippen molar-refractivity contribution in [3.8, 4) is 0 Å². The van der Waals surface area contributed by atoms with E-state index in [-0.39, 0.29) is 28.7 Å². The van der Waals surface area contributed by atoms with Crippen molar-refractivity contribution in [3.63, 3.8) is 0 Å². The standard InChI is InChI=1S/C23H21N3O5S3/c1-2-31-22(30)17(11-14-7-4-3-5-8-14)26-20(27)19(34-23(26)32)13-25-16(21(28)29)12-15(24-25)18-9-6-10-33-18/h3-10,13,16-17H,2,11-12H2,1H3,(H,28,29)/b19-13-/t16-,17-/m0/s1. The topological polar surface area (TPSA) is 99.5 Å². The molecule has 0 radical (unpaired) electrons. The molecular weight excluding hydrogens is 494 g/mol. The Hall–Kier alpha value is -3.02. The number of ether oxygens (including phenoxy) is 1. The molecular formula is C23H21N3O5S3. The van der Waals surface area contributed by atoms with Gasteiger partial charge >= 0.3 is 11.9 Å². The zero-order valence-electron chi connectivity index (χ0n) is 18.1. The van der Waals surface area contributed by atoms with Crippen molar-refractivity contribution in [1.82, 2.24) is 9.91 Å². The summed E-state index contributed by atoms with van der Waals surface area (Å²) >= 11 is 7.94. The highest BCUT2D eigenvalue weighted by atomic mass is 32.2. The fourth-order valence-corrected chi connectivity index (χ4v) is 5.70. The summed E-state index contributed by atoms with van der Waals surface area (Å²) in [6, 6.07) is 11.2. The molecule has 34 heavy (non-hydrogen) atoms. The molecule has 4 rings (SSSR count). The van der Waals surface area contributed by atoms with Gasteiger partial charge in [-0.15, -0.1) is 11.3 Å². The minimum Gasteiger partial charge on any atom is -0.480 e. The van der Waals surface area contributed by atoms with Crippen molar-refractivity contribution in [2.24, 2.45) is 5.10 Å². The normalized spacial score (nSPS) is 20.1. The first-order valence-electron chi connectivity index (χ1n) is 10.5. The summed E-state index contributed by atoms with van der Waals surface area (Å²) in [5, 5.41) is 17.3. The minimum absolute atomic E-state index is 0.170. The molecule has 2 aromatic rings. The number of benzene rings is 1. The molecule has 2 atom stereocenters. The van der Waals surface area contributed by atoms with Crippen LogP contribution in [0.5, 0.6) is 0 Å². The van der Waals surface area contributed by atoms with Crippen molar-refractivity contribution >= 4 is 63.2 Å². The van der Waals surface area contributed by atoms with Crippen LogP contribution >= 0.6 is 35.3 Å². The number of esters is 1. The molecule has 0 spiro atoms. The highest BCUT2D eigenvalue weighted by Gasteiger charge is 2.42. The van der Waals surface area contributed by atoms with Crippen molar-refractivity contribution < 1.29 is 24.2 Å². The molecule has 2 aliphatic rings. The lowest BCUT2D eigenvalue weighted by Gasteiger charge is -2.25. The van der Waals surface area contributed by atoms with Gasteiger partial charge in [-0.3, -0.25) is 14.7 Å². The number of carbonyl (C=O) groups is 3. The van der Waals surface area contributed by atoms with Crippen LogP contribution in [0.2, 0.25) is 0 Å². The maximum Gasteiger partial charge on any atom is 0.329 e. The van der Waals surface area contributed by atoms with Crippen molar-refractivity contribution in [1.29, 1.82) is 0 Å². The number of nitrogens with zero attached hydrogens (tertiary/aromatic N) is 3. The number of rotatable bonds is 8. The van der Waals surface area contributed by atoms with Gasteiger partial charge in [0, 0.05) is 19.0 Å². The third-order valence-electron chi connectivity index (χ3n) is 5.25. The number of thiophene rings is 1. The van der Waals surface area contributed by atoms with Crippen molar-refractivity contribution in [2.75, 3.05) is 6.61 Å². The third kappa shape index (κ3) is 5.06. The minimum atomic E-state index is -1.05. The number of thiocarbonyl (C=S) groups is 1. The van der Waals surface area contributed by atoms with E-state index in [4.69, 9.17) is 17.0 Å². The number of carbonyl (C=O) groups excluding carboxylic acids is 2. The molecule has 0 saturated carbocycles. The van der Waals surface area contributed by atoms with Crippen LogP contribution in [0.15, 0.2) is 64.1 Å². The Bertz CT molecular complexity index is 1160. The van der Waals surface area contributed by atoms with Gasteiger partial charge in [-0.05, 0) is 23.9 Å². The lowest BCUT2D eigenvalue weighted by Crippen LogP contribution is -2.46. The van der Waals surface area contributed by atoms with Crippen LogP contribution in [0.1, 0.15) is 23.8 Å². The lowest BCUT2D eigenvalue weighted by atomic mass is 10.0. The van der Waals surface area contributed by atoms with Crippen LogP contribution in [0, 0.1) is 0 Å². The van der Waals surface area contributed by atoms with Gasteiger partial charge in [-0.1, -0.05) is 60.4 Å². The number of hydrogen-bond acceptors (Lipinski definition) is 9. The fraction of sp³-hybridized carbons (Fsp3) is 0.261. The van der Waals surface area contributed by atoms with Crippen LogP contribution in [-0.4, -0.2) is 61.6 Å². The number of hydrazone groups is 1. The maximum atomic E-state index is 13.4. The molecule has 1 fully saturated rings. The molecule has 1 N–H and O–H groups in total. The van der Waals surface area contributed by atoms with Gasteiger partial charge in [0.25, 0.3) is 5.91 Å². The van der Waals surface area contributed by atoms with Crippen molar-refractivity contribution in [3.05, 3.63) is 69.4 Å². The van der Waals surface area contributed by atoms with E-state index in [0.717, 1.165) is 22.2 Å². The summed E-state index contributed by atoms with van der Waals surface area (Å²) < 4.78 is 5.44. The number of carboxylic acid groups (broad SMARTS) is 1. The van der Waals surface area contributed by atoms with Gasteiger partial charge in [0.15, 0.2) is 6.04 Å². The third-order valence-corrected chi connectivity index (χ3v) is 7.48. The predicted octanol–water partition coefficient (Wildman–Crippen LogP) is 3.49. The Morgan fingerprint density at radius 2 is 2.06 bits per heavy atom. The van der Waals surface area contributed by atoms with Crippen LogP contribution < -0.4 is 0 Å². The molecule has 0 aliphatic carbocycles. The highest BCUT2D eigenvalue weighted by Crippen LogP contribution is 2.35. The van der Waals surface area contributed by atoms with Gasteiger partial charge in [0.05, 0.1) is 22.1 Å². The second-order valence-electron chi connectivity index (χ2n) is 7.46. The summed E-state index contributed by atoms with van der Waals surface area (Å²) in [6.45, 7) is 1.87. The number of thioether (sulfide) groups is 1. The average molecular weight is 516 g/mol. The van der Waals surface area contributed by atoms with Gasteiger partial charge in [-0.2, -0.15) is 5.10 Å². The SMILES string of the molecule is CCOC(=O)[C@H](Cc1ccccc1)N1C(=O)/C(=C/N2N=C(c3cccs3)C[C@H]2C(=O)O)SC1=S. The van der Waals surface area contributed by atoms with Gasteiger partial charge in [-0.25, -0.2) is 9.59 Å². The number of aliphatic carboxylic acids is 1. The molecule has 176 valence electrons. The van der Waals surface area contributed by atoms with E-state index in [1.165, 1.54) is 27.4 Å². The Labute approximate surface area is 209 Å². The smallest absolute Gasteiger partial charge is 0.329 e. The number of carboxylic acids is 1. The maximum absolute atomic E-state index is 13.4. The Kier molecular flexibility index (Phi) is 7.44. The number of hydrogen-bond donors (Lipinski definition) is 1.